The summed E-state index contributed by atoms with van der Waals surface area (Å²) in [6.45, 7) is 12.9. The normalized spacial score (nSPS) is 21.3. The van der Waals surface area contributed by atoms with E-state index in [1.54, 1.807) is 89.2 Å². The van der Waals surface area contributed by atoms with Crippen molar-refractivity contribution in [3.05, 3.63) is 88.5 Å². The maximum Gasteiger partial charge on any atom is 0.348 e. The highest BCUT2D eigenvalue weighted by atomic mass is 16.8. The molecule has 3 N–H and O–H groups in total. The van der Waals surface area contributed by atoms with Crippen LogP contribution in [0.15, 0.2) is 66.3 Å². The van der Waals surface area contributed by atoms with E-state index in [1.165, 1.54) is 6.08 Å². The molecule has 2 amide bonds. The van der Waals surface area contributed by atoms with Gasteiger partial charge in [-0.25, -0.2) is 14.4 Å². The minimum atomic E-state index is -1.06. The minimum absolute atomic E-state index is 0.0195. The smallest absolute Gasteiger partial charge is 0.348 e. The third-order valence-corrected chi connectivity index (χ3v) is 11.7. The first-order chi connectivity index (χ1) is 31.4. The maximum atomic E-state index is 14.1. The molecule has 1 aliphatic carbocycles. The van der Waals surface area contributed by atoms with Gasteiger partial charge in [-0.15, -0.1) is 0 Å². The summed E-state index contributed by atoms with van der Waals surface area (Å²) in [5, 5.41) is 15.6. The number of ether oxygens (including phenoxy) is 6. The van der Waals surface area contributed by atoms with Crippen molar-refractivity contribution in [1.82, 2.24) is 10.6 Å². The zero-order valence-electron chi connectivity index (χ0n) is 39.5. The number of fused-ring (bicyclic) bond motifs is 1. The zero-order valence-corrected chi connectivity index (χ0v) is 39.5. The lowest BCUT2D eigenvalue weighted by Crippen LogP contribution is -2.43. The van der Waals surface area contributed by atoms with Gasteiger partial charge in [0, 0.05) is 54.9 Å². The summed E-state index contributed by atoms with van der Waals surface area (Å²) in [7, 11) is 0. The van der Waals surface area contributed by atoms with Crippen LogP contribution < -0.4 is 10.6 Å². The summed E-state index contributed by atoms with van der Waals surface area (Å²) in [6.07, 6.45) is 8.16. The molecular weight excluding hydrogens is 849 g/mol. The average Bonchev–Trinajstić information content (AvgIpc) is 3.77. The molecule has 0 aromatic heterocycles. The van der Waals surface area contributed by atoms with Gasteiger partial charge in [0.25, 0.3) is 5.91 Å². The summed E-state index contributed by atoms with van der Waals surface area (Å²) in [5.41, 5.74) is 0.462. The molecule has 15 nitrogen and oxygen atoms in total. The molecule has 2 aromatic rings. The van der Waals surface area contributed by atoms with Crippen molar-refractivity contribution in [3.8, 4) is 0 Å². The van der Waals surface area contributed by atoms with E-state index in [0.29, 0.717) is 35.1 Å². The van der Waals surface area contributed by atoms with Crippen LogP contribution in [0.4, 0.5) is 0 Å². The number of hydrogen-bond donors (Lipinski definition) is 3. The van der Waals surface area contributed by atoms with Gasteiger partial charge < -0.3 is 44.2 Å². The Morgan fingerprint density at radius 2 is 1.64 bits per heavy atom. The van der Waals surface area contributed by atoms with Gasteiger partial charge in [-0.05, 0) is 81.5 Å². The Kier molecular flexibility index (Phi) is 18.3. The number of esters is 4. The summed E-state index contributed by atoms with van der Waals surface area (Å²) in [5.74, 6) is -4.32. The highest BCUT2D eigenvalue weighted by molar-refractivity contribution is 5.97. The number of amides is 2. The molecule has 5 rings (SSSR count). The van der Waals surface area contributed by atoms with E-state index in [1.807, 2.05) is 0 Å². The van der Waals surface area contributed by atoms with Crippen LogP contribution >= 0.6 is 0 Å². The molecule has 0 saturated carbocycles. The summed E-state index contributed by atoms with van der Waals surface area (Å²) >= 11 is 0. The Morgan fingerprint density at radius 3 is 2.29 bits per heavy atom. The van der Waals surface area contributed by atoms with Gasteiger partial charge in [0.15, 0.2) is 5.79 Å². The van der Waals surface area contributed by atoms with E-state index in [2.05, 4.69) is 24.5 Å². The molecular formula is C51H68N2O13. The molecule has 0 unspecified atom stereocenters. The van der Waals surface area contributed by atoms with Crippen molar-refractivity contribution in [2.75, 3.05) is 13.2 Å². The van der Waals surface area contributed by atoms with Gasteiger partial charge in [-0.3, -0.25) is 14.4 Å². The molecule has 0 bridgehead atoms. The molecule has 0 spiro atoms. The van der Waals surface area contributed by atoms with Gasteiger partial charge in [0.2, 0.25) is 12.0 Å². The molecule has 2 saturated heterocycles. The summed E-state index contributed by atoms with van der Waals surface area (Å²) < 4.78 is 35.7. The molecule has 2 aromatic carbocycles. The number of rotatable bonds is 22. The maximum absolute atomic E-state index is 14.1. The van der Waals surface area contributed by atoms with E-state index in [-0.39, 0.29) is 44.6 Å². The summed E-state index contributed by atoms with van der Waals surface area (Å²) in [4.78, 5) is 78.6. The predicted molar refractivity (Wildman–Crippen MR) is 244 cm³/mol. The number of unbranched alkanes of at least 4 members (excludes halogenated alkanes) is 4. The van der Waals surface area contributed by atoms with Crippen molar-refractivity contribution in [2.24, 2.45) is 5.41 Å². The number of nitrogens with one attached hydrogen (secondary N) is 2. The molecule has 66 heavy (non-hydrogen) atoms. The van der Waals surface area contributed by atoms with E-state index < -0.39 is 83.0 Å². The van der Waals surface area contributed by atoms with Crippen LogP contribution in [-0.4, -0.2) is 95.9 Å². The SMILES string of the molecule is CCCCCC1(CCCCC)O[C@@H]2[C@@H](C=C(C(=O)NCc3cccc(C(=O)N[C@H](CO)CCC(=O)OC(C)(C)C)c3)C[C@H]2OC(=O)c2ccccc2C=CC(=O)O[C@H]2C(=O)OCC2(C)C)O1. The predicted octanol–water partition coefficient (Wildman–Crippen LogP) is 7.22. The van der Waals surface area contributed by atoms with E-state index in [4.69, 9.17) is 28.4 Å². The lowest BCUT2D eigenvalue weighted by Gasteiger charge is -2.31. The van der Waals surface area contributed by atoms with Crippen LogP contribution in [0.1, 0.15) is 151 Å². The van der Waals surface area contributed by atoms with Crippen LogP contribution in [-0.2, 0) is 54.1 Å². The second-order valence-corrected chi connectivity index (χ2v) is 19.0. The third-order valence-electron chi connectivity index (χ3n) is 11.7. The zero-order chi connectivity index (χ0) is 48.1. The average molecular weight is 917 g/mol. The van der Waals surface area contributed by atoms with Crippen LogP contribution in [0.25, 0.3) is 6.08 Å². The van der Waals surface area contributed by atoms with E-state index >= 15 is 0 Å². The van der Waals surface area contributed by atoms with E-state index in [0.717, 1.165) is 44.6 Å². The fourth-order valence-corrected chi connectivity index (χ4v) is 8.16. The van der Waals surface area contributed by atoms with Crippen molar-refractivity contribution < 1.29 is 62.3 Å². The van der Waals surface area contributed by atoms with Crippen molar-refractivity contribution in [1.29, 1.82) is 0 Å². The van der Waals surface area contributed by atoms with Gasteiger partial charge in [-0.1, -0.05) is 83.7 Å². The van der Waals surface area contributed by atoms with Gasteiger partial charge in [0.05, 0.1) is 18.2 Å². The topological polar surface area (TPSA) is 202 Å². The highest BCUT2D eigenvalue weighted by Gasteiger charge is 2.52. The van der Waals surface area contributed by atoms with Crippen LogP contribution in [0.3, 0.4) is 0 Å². The molecule has 2 aliphatic heterocycles. The fraction of sp³-hybridized carbons (Fsp3) is 0.569. The highest BCUT2D eigenvalue weighted by Crippen LogP contribution is 2.43. The standard InChI is InChI=1S/C51H68N2O13/c1-8-10-14-25-51(26-15-11-9-2)64-40-29-36(45(57)52-30-33-17-16-19-35(27-33)46(58)53-37(31-54)22-24-42(56)65-49(3,4)5)28-39(43(40)66-51)62-47(59)38-20-13-12-18-34(38)21-23-41(55)63-44-48(60)61-32-50(44,6)7/h12-13,16-21,23,27,29,37,39-40,43-44,54H,8-11,14-15,22,24-26,28,30-32H2,1-7H3,(H,52,57)(H,53,58)/t37-,39+,40+,43-,44-/m0/s1. The Bertz CT molecular complexity index is 2090. The molecule has 3 aliphatic rings. The fourth-order valence-electron chi connectivity index (χ4n) is 8.16. The lowest BCUT2D eigenvalue weighted by molar-refractivity contribution is -0.190. The Balaban J connectivity index is 1.31. The van der Waals surface area contributed by atoms with Gasteiger partial charge in [-0.2, -0.15) is 0 Å². The summed E-state index contributed by atoms with van der Waals surface area (Å²) in [6, 6.07) is 12.6. The molecule has 2 heterocycles. The second-order valence-electron chi connectivity index (χ2n) is 19.0. The first kappa shape index (κ1) is 51.6. The monoisotopic (exact) mass is 916 g/mol. The van der Waals surface area contributed by atoms with Crippen LogP contribution in [0, 0.1) is 5.41 Å². The minimum Gasteiger partial charge on any atom is -0.462 e. The largest absolute Gasteiger partial charge is 0.462 e. The van der Waals surface area contributed by atoms with Crippen molar-refractivity contribution >= 4 is 41.8 Å². The molecule has 360 valence electrons. The van der Waals surface area contributed by atoms with Crippen molar-refractivity contribution in [2.45, 2.75) is 167 Å². The number of benzene rings is 2. The molecule has 5 atom stereocenters. The third kappa shape index (κ3) is 14.6. The van der Waals surface area contributed by atoms with Crippen LogP contribution in [0.2, 0.25) is 0 Å². The molecule has 2 fully saturated rings. The number of carbonyl (C=O) groups is 6. The van der Waals surface area contributed by atoms with E-state index in [9.17, 15) is 33.9 Å². The first-order valence-electron chi connectivity index (χ1n) is 23.3. The van der Waals surface area contributed by atoms with Crippen LogP contribution in [0.5, 0.6) is 0 Å². The Labute approximate surface area is 388 Å². The lowest BCUT2D eigenvalue weighted by atomic mass is 9.90. The number of aliphatic hydroxyl groups is 1. The number of cyclic esters (lactones) is 1. The van der Waals surface area contributed by atoms with Crippen molar-refractivity contribution in [3.63, 3.8) is 0 Å². The Hall–Kier alpha value is -5.38. The quantitative estimate of drug-likeness (QED) is 0.0463. The molecule has 15 heteroatoms. The number of carbonyl (C=O) groups excluding carboxylic acids is 6. The molecule has 0 radical (unpaired) electrons. The second kappa shape index (κ2) is 23.4. The van der Waals surface area contributed by atoms with Gasteiger partial charge >= 0.3 is 23.9 Å². The van der Waals surface area contributed by atoms with Gasteiger partial charge in [0.1, 0.15) is 30.5 Å². The Morgan fingerprint density at radius 1 is 0.924 bits per heavy atom. The first-order valence-corrected chi connectivity index (χ1v) is 23.3. The number of hydrogen-bond acceptors (Lipinski definition) is 13. The number of aliphatic hydroxyl groups excluding tert-OH is 1.